The van der Waals surface area contributed by atoms with Crippen molar-refractivity contribution in [2.45, 2.75) is 19.0 Å². The molecule has 2 N–H and O–H groups in total. The van der Waals surface area contributed by atoms with Crippen LogP contribution in [0.2, 0.25) is 0 Å². The van der Waals surface area contributed by atoms with E-state index in [2.05, 4.69) is 5.32 Å². The van der Waals surface area contributed by atoms with E-state index in [1.165, 1.54) is 0 Å². The minimum atomic E-state index is -0.828. The molecule has 1 heterocycles. The highest BCUT2D eigenvalue weighted by Gasteiger charge is 2.25. The molecule has 1 aliphatic heterocycles. The molecular weight excluding hydrogens is 258 g/mol. The summed E-state index contributed by atoms with van der Waals surface area (Å²) in [7, 11) is 3.15. The molecule has 0 aromatic heterocycles. The van der Waals surface area contributed by atoms with Gasteiger partial charge in [0.25, 0.3) is 0 Å². The van der Waals surface area contributed by atoms with Crippen molar-refractivity contribution in [3.05, 3.63) is 23.3 Å². The van der Waals surface area contributed by atoms with Gasteiger partial charge >= 0.3 is 5.97 Å². The number of nitrogens with one attached hydrogen (secondary N) is 1. The molecule has 1 aliphatic rings. The molecule has 0 saturated carbocycles. The van der Waals surface area contributed by atoms with Gasteiger partial charge in [-0.25, -0.2) is 0 Å². The van der Waals surface area contributed by atoms with Crippen molar-refractivity contribution in [2.75, 3.05) is 14.2 Å². The van der Waals surface area contributed by atoms with Crippen molar-refractivity contribution in [3.8, 4) is 11.5 Å². The number of benzene rings is 1. The zero-order chi connectivity index (χ0) is 12.4. The van der Waals surface area contributed by atoms with Crippen LogP contribution >= 0.6 is 12.4 Å². The highest BCUT2D eigenvalue weighted by molar-refractivity contribution is 5.85. The average Bonchev–Trinajstić information content (AvgIpc) is 2.36. The minimum absolute atomic E-state index is 0. The van der Waals surface area contributed by atoms with Crippen LogP contribution in [0.4, 0.5) is 0 Å². The number of rotatable bonds is 3. The second-order valence-electron chi connectivity index (χ2n) is 3.95. The van der Waals surface area contributed by atoms with E-state index < -0.39 is 12.0 Å². The summed E-state index contributed by atoms with van der Waals surface area (Å²) in [6.45, 7) is 0.534. The van der Waals surface area contributed by atoms with E-state index in [0.29, 0.717) is 24.5 Å². The molecule has 1 aromatic rings. The van der Waals surface area contributed by atoms with E-state index in [0.717, 1.165) is 11.1 Å². The number of carboxylic acid groups (broad SMARTS) is 1. The average molecular weight is 274 g/mol. The van der Waals surface area contributed by atoms with Gasteiger partial charge in [-0.3, -0.25) is 4.79 Å². The standard InChI is InChI=1S/C12H15NO4.ClH/c1-16-10-4-7-3-9(12(14)15)13-6-8(7)5-11(10)17-2;/h4-5,9,13H,3,6H2,1-2H3,(H,14,15);1H. The fourth-order valence-electron chi connectivity index (χ4n) is 2.02. The van der Waals surface area contributed by atoms with Crippen LogP contribution < -0.4 is 14.8 Å². The maximum Gasteiger partial charge on any atom is 0.321 e. The number of methoxy groups -OCH3 is 2. The van der Waals surface area contributed by atoms with Gasteiger partial charge in [-0.15, -0.1) is 12.4 Å². The fraction of sp³-hybridized carbons (Fsp3) is 0.417. The zero-order valence-electron chi connectivity index (χ0n) is 10.2. The summed E-state index contributed by atoms with van der Waals surface area (Å²) >= 11 is 0. The molecule has 18 heavy (non-hydrogen) atoms. The minimum Gasteiger partial charge on any atom is -0.493 e. The first-order valence-electron chi connectivity index (χ1n) is 5.35. The molecule has 5 nitrogen and oxygen atoms in total. The molecule has 0 saturated heterocycles. The Morgan fingerprint density at radius 2 is 1.83 bits per heavy atom. The monoisotopic (exact) mass is 273 g/mol. The van der Waals surface area contributed by atoms with Crippen LogP contribution in [-0.4, -0.2) is 31.3 Å². The second kappa shape index (κ2) is 5.93. The molecule has 0 fully saturated rings. The van der Waals surface area contributed by atoms with E-state index in [1.54, 1.807) is 14.2 Å². The summed E-state index contributed by atoms with van der Waals surface area (Å²) in [6.07, 6.45) is 0.463. The van der Waals surface area contributed by atoms with E-state index in [9.17, 15) is 4.79 Å². The van der Waals surface area contributed by atoms with Crippen LogP contribution in [0.5, 0.6) is 11.5 Å². The topological polar surface area (TPSA) is 67.8 Å². The number of carboxylic acids is 1. The number of halogens is 1. The summed E-state index contributed by atoms with van der Waals surface area (Å²) in [5.41, 5.74) is 2.05. The van der Waals surface area contributed by atoms with Crippen LogP contribution in [0.25, 0.3) is 0 Å². The molecule has 1 unspecified atom stereocenters. The van der Waals surface area contributed by atoms with Crippen molar-refractivity contribution in [1.82, 2.24) is 5.32 Å². The van der Waals surface area contributed by atoms with E-state index in [4.69, 9.17) is 14.6 Å². The molecule has 100 valence electrons. The van der Waals surface area contributed by atoms with Crippen molar-refractivity contribution in [3.63, 3.8) is 0 Å². The van der Waals surface area contributed by atoms with Gasteiger partial charge < -0.3 is 19.9 Å². The van der Waals surface area contributed by atoms with Gasteiger partial charge in [-0.1, -0.05) is 0 Å². The number of hydrogen-bond acceptors (Lipinski definition) is 4. The Morgan fingerprint density at radius 3 is 2.33 bits per heavy atom. The van der Waals surface area contributed by atoms with E-state index in [-0.39, 0.29) is 12.4 Å². The van der Waals surface area contributed by atoms with Gasteiger partial charge in [-0.05, 0) is 29.7 Å². The predicted molar refractivity (Wildman–Crippen MR) is 68.8 cm³/mol. The van der Waals surface area contributed by atoms with Crippen molar-refractivity contribution < 1.29 is 19.4 Å². The SMILES string of the molecule is COc1cc2c(cc1OC)CC(C(=O)O)NC2.Cl. The molecule has 0 radical (unpaired) electrons. The molecule has 0 bridgehead atoms. The van der Waals surface area contributed by atoms with Crippen LogP contribution in [-0.2, 0) is 17.8 Å². The number of carbonyl (C=O) groups is 1. The summed E-state index contributed by atoms with van der Waals surface area (Å²) in [5, 5.41) is 11.9. The Bertz CT molecular complexity index is 450. The first kappa shape index (κ1) is 14.6. The molecule has 0 amide bonds. The van der Waals surface area contributed by atoms with Crippen LogP contribution in [0.3, 0.4) is 0 Å². The molecule has 0 aliphatic carbocycles. The predicted octanol–water partition coefficient (Wildman–Crippen LogP) is 1.22. The number of aliphatic carboxylic acids is 1. The second-order valence-corrected chi connectivity index (χ2v) is 3.95. The largest absolute Gasteiger partial charge is 0.493 e. The van der Waals surface area contributed by atoms with Gasteiger partial charge in [0.15, 0.2) is 11.5 Å². The molecule has 0 spiro atoms. The quantitative estimate of drug-likeness (QED) is 0.867. The lowest BCUT2D eigenvalue weighted by atomic mass is 9.95. The van der Waals surface area contributed by atoms with E-state index >= 15 is 0 Å². The first-order chi connectivity index (χ1) is 8.15. The van der Waals surface area contributed by atoms with E-state index in [1.807, 2.05) is 12.1 Å². The maximum atomic E-state index is 10.9. The lowest BCUT2D eigenvalue weighted by Crippen LogP contribution is -2.41. The Labute approximate surface area is 112 Å². The highest BCUT2D eigenvalue weighted by atomic mass is 35.5. The Hall–Kier alpha value is -1.46. The zero-order valence-corrected chi connectivity index (χ0v) is 11.0. The Kier molecular flexibility index (Phi) is 4.81. The maximum absolute atomic E-state index is 10.9. The molecule has 6 heteroatoms. The van der Waals surface area contributed by atoms with Gasteiger partial charge in [-0.2, -0.15) is 0 Å². The first-order valence-corrected chi connectivity index (χ1v) is 5.35. The summed E-state index contributed by atoms with van der Waals surface area (Å²) in [5.74, 6) is 0.476. The van der Waals surface area contributed by atoms with Gasteiger partial charge in [0.2, 0.25) is 0 Å². The summed E-state index contributed by atoms with van der Waals surface area (Å²) in [4.78, 5) is 10.9. The number of fused-ring (bicyclic) bond motifs is 1. The summed E-state index contributed by atoms with van der Waals surface area (Å²) < 4.78 is 10.4. The fourth-order valence-corrected chi connectivity index (χ4v) is 2.02. The number of ether oxygens (including phenoxy) is 2. The van der Waals surface area contributed by atoms with Crippen molar-refractivity contribution in [2.24, 2.45) is 0 Å². The van der Waals surface area contributed by atoms with Gasteiger partial charge in [0.1, 0.15) is 6.04 Å². The lowest BCUT2D eigenvalue weighted by Gasteiger charge is -2.24. The molecular formula is C12H16ClNO4. The van der Waals surface area contributed by atoms with Crippen molar-refractivity contribution >= 4 is 18.4 Å². The van der Waals surface area contributed by atoms with Crippen LogP contribution in [0.1, 0.15) is 11.1 Å². The third kappa shape index (κ3) is 2.68. The van der Waals surface area contributed by atoms with Crippen LogP contribution in [0.15, 0.2) is 12.1 Å². The third-order valence-electron chi connectivity index (χ3n) is 2.97. The smallest absolute Gasteiger partial charge is 0.321 e. The van der Waals surface area contributed by atoms with Crippen LogP contribution in [0, 0.1) is 0 Å². The van der Waals surface area contributed by atoms with Gasteiger partial charge in [0.05, 0.1) is 14.2 Å². The Morgan fingerprint density at radius 1 is 1.28 bits per heavy atom. The molecule has 2 rings (SSSR count). The molecule has 1 aromatic carbocycles. The normalized spacial score (nSPS) is 17.3. The van der Waals surface area contributed by atoms with Crippen molar-refractivity contribution in [1.29, 1.82) is 0 Å². The summed E-state index contributed by atoms with van der Waals surface area (Å²) in [6, 6.07) is 3.21. The molecule has 1 atom stereocenters. The third-order valence-corrected chi connectivity index (χ3v) is 2.97. The van der Waals surface area contributed by atoms with Gasteiger partial charge in [0, 0.05) is 6.54 Å². The number of hydrogen-bond donors (Lipinski definition) is 2. The Balaban J connectivity index is 0.00000162. The lowest BCUT2D eigenvalue weighted by molar-refractivity contribution is -0.139. The highest BCUT2D eigenvalue weighted by Crippen LogP contribution is 2.32.